The molecule has 0 aromatic rings. The maximum absolute atomic E-state index is 11.1. The van der Waals surface area contributed by atoms with Gasteiger partial charge < -0.3 is 29.3 Å². The Balaban J connectivity index is -0.000000261. The fourth-order valence-corrected chi connectivity index (χ4v) is 5.31. The van der Waals surface area contributed by atoms with E-state index in [4.69, 9.17) is 9.47 Å². The van der Waals surface area contributed by atoms with E-state index >= 15 is 0 Å². The van der Waals surface area contributed by atoms with Crippen molar-refractivity contribution < 1.29 is 38.9 Å². The Morgan fingerprint density at radius 2 is 0.561 bits per heavy atom. The summed E-state index contributed by atoms with van der Waals surface area (Å²) in [6, 6.07) is 0. The van der Waals surface area contributed by atoms with Crippen LogP contribution in [0.5, 0.6) is 0 Å². The number of ether oxygens (including phenoxy) is 2. The van der Waals surface area contributed by atoms with Crippen molar-refractivity contribution in [1.82, 2.24) is 0 Å². The molecular formula is C48H88O8Sn. The molecule has 0 bridgehead atoms. The molecule has 0 aliphatic heterocycles. The van der Waals surface area contributed by atoms with E-state index in [2.05, 4.69) is 41.5 Å². The number of carboxylic acids is 2. The molecule has 0 N–H and O–H groups in total. The van der Waals surface area contributed by atoms with E-state index in [0.29, 0.717) is 25.4 Å². The van der Waals surface area contributed by atoms with Crippen LogP contribution >= 0.6 is 0 Å². The third-order valence-electron chi connectivity index (χ3n) is 8.90. The van der Waals surface area contributed by atoms with Crippen LogP contribution in [0, 0.1) is 13.8 Å². The summed E-state index contributed by atoms with van der Waals surface area (Å²) < 4.78 is 9.77. The van der Waals surface area contributed by atoms with Crippen molar-refractivity contribution in [3.05, 3.63) is 38.2 Å². The Bertz CT molecular complexity index is 800. The van der Waals surface area contributed by atoms with E-state index in [9.17, 15) is 29.4 Å². The number of aliphatic carboxylic acids is 2. The summed E-state index contributed by atoms with van der Waals surface area (Å²) in [5.74, 6) is -4.00. The van der Waals surface area contributed by atoms with Gasteiger partial charge in [0.25, 0.3) is 0 Å². The molecule has 0 fully saturated rings. The first-order chi connectivity index (χ1) is 27.2. The summed E-state index contributed by atoms with van der Waals surface area (Å²) >= 11 is 0. The summed E-state index contributed by atoms with van der Waals surface area (Å²) in [6.07, 6.45) is 43.6. The smallest absolute Gasteiger partial charge is 0.545 e. The monoisotopic (exact) mass is 913 g/mol. The SMILES string of the molecule is CCCCCCCCCCCCCCCCOC(=O)C=CC(=O)[O-].CCCCCCCCCCCCCCCCOC(=O)C=CC(=O)[O-].[CH2]CCC.[CH2]CCC.[Sn+2]. The van der Waals surface area contributed by atoms with Gasteiger partial charge in [-0.05, 0) is 25.0 Å². The minimum atomic E-state index is -1.39. The average molecular weight is 912 g/mol. The summed E-state index contributed by atoms with van der Waals surface area (Å²) in [7, 11) is 0. The molecule has 0 spiro atoms. The summed E-state index contributed by atoms with van der Waals surface area (Å²) in [5, 5.41) is 20.2. The molecule has 0 unspecified atom stereocenters. The minimum absolute atomic E-state index is 0. The number of hydrogen-bond donors (Lipinski definition) is 0. The maximum Gasteiger partial charge on any atom is 2.00 e. The number of rotatable bonds is 36. The molecule has 0 amide bonds. The van der Waals surface area contributed by atoms with Crippen LogP contribution in [0.15, 0.2) is 24.3 Å². The van der Waals surface area contributed by atoms with Gasteiger partial charge in [0.1, 0.15) is 0 Å². The number of carbonyl (C=O) groups excluding carboxylic acids is 4. The van der Waals surface area contributed by atoms with Crippen LogP contribution in [-0.4, -0.2) is 61.0 Å². The van der Waals surface area contributed by atoms with Crippen molar-refractivity contribution in [2.75, 3.05) is 13.2 Å². The molecule has 0 aliphatic rings. The average Bonchev–Trinajstić information content (AvgIpc) is 3.19. The van der Waals surface area contributed by atoms with Gasteiger partial charge >= 0.3 is 35.8 Å². The third-order valence-corrected chi connectivity index (χ3v) is 8.90. The number of carbonyl (C=O) groups is 4. The van der Waals surface area contributed by atoms with Crippen LogP contribution in [0.2, 0.25) is 0 Å². The Morgan fingerprint density at radius 3 is 0.737 bits per heavy atom. The fraction of sp³-hybridized carbons (Fsp3) is 0.792. The van der Waals surface area contributed by atoms with Gasteiger partial charge in [0.05, 0.1) is 25.2 Å². The molecule has 0 aliphatic carbocycles. The van der Waals surface area contributed by atoms with Gasteiger partial charge in [0.15, 0.2) is 0 Å². The van der Waals surface area contributed by atoms with Crippen LogP contribution in [0.4, 0.5) is 0 Å². The van der Waals surface area contributed by atoms with Crippen LogP contribution in [0.1, 0.15) is 233 Å². The zero-order valence-corrected chi connectivity index (χ0v) is 40.4. The van der Waals surface area contributed by atoms with Crippen LogP contribution in [0.3, 0.4) is 0 Å². The Hall–Kier alpha value is -1.84. The number of unbranched alkanes of at least 4 members (excludes halogenated alkanes) is 28. The fourth-order valence-electron chi connectivity index (χ4n) is 5.31. The zero-order chi connectivity index (χ0) is 42.6. The molecule has 0 heterocycles. The van der Waals surface area contributed by atoms with Gasteiger partial charge in [-0.3, -0.25) is 0 Å². The maximum atomic E-state index is 11.1. The van der Waals surface area contributed by atoms with Crippen molar-refractivity contribution in [2.24, 2.45) is 0 Å². The van der Waals surface area contributed by atoms with E-state index in [0.717, 1.165) is 50.7 Å². The van der Waals surface area contributed by atoms with E-state index in [-0.39, 0.29) is 23.9 Å². The zero-order valence-electron chi connectivity index (χ0n) is 37.5. The summed E-state index contributed by atoms with van der Waals surface area (Å²) in [4.78, 5) is 42.4. The molecule has 0 aromatic carbocycles. The largest absolute Gasteiger partial charge is 2.00 e. The first-order valence-electron chi connectivity index (χ1n) is 22.9. The van der Waals surface area contributed by atoms with Gasteiger partial charge in [0, 0.05) is 12.2 Å². The molecule has 332 valence electrons. The third kappa shape index (κ3) is 75.6. The summed E-state index contributed by atoms with van der Waals surface area (Å²) in [6.45, 7) is 16.7. The quantitative estimate of drug-likeness (QED) is 0.0263. The minimum Gasteiger partial charge on any atom is -0.545 e. The van der Waals surface area contributed by atoms with Crippen molar-refractivity contribution in [3.8, 4) is 0 Å². The summed E-state index contributed by atoms with van der Waals surface area (Å²) in [5.41, 5.74) is 0. The van der Waals surface area contributed by atoms with Gasteiger partial charge in [-0.1, -0.05) is 234 Å². The van der Waals surface area contributed by atoms with Crippen molar-refractivity contribution in [1.29, 1.82) is 0 Å². The van der Waals surface area contributed by atoms with Gasteiger partial charge in [-0.15, -0.1) is 0 Å². The second kappa shape index (κ2) is 60.8. The molecule has 0 saturated heterocycles. The second-order valence-corrected chi connectivity index (χ2v) is 14.5. The molecule has 9 heteroatoms. The molecule has 0 aromatic heterocycles. The standard InChI is InChI=1S/2C20H36O4.2C4H9.Sn/c2*1-2-3-4-5-6-7-8-9-10-11-12-13-14-15-18-24-20(23)17-16-19(21)22;2*1-3-4-2;/h2*16-17H,2-15,18H2,1H3,(H,21,22);2*1,3-4H2,2H3;/q;;;;+2/p-2. The van der Waals surface area contributed by atoms with Crippen molar-refractivity contribution in [2.45, 2.75) is 233 Å². The van der Waals surface area contributed by atoms with Crippen LogP contribution < -0.4 is 10.2 Å². The predicted molar refractivity (Wildman–Crippen MR) is 237 cm³/mol. The molecule has 0 rings (SSSR count). The number of esters is 2. The normalized spacial score (nSPS) is 10.4. The molecular weight excluding hydrogens is 823 g/mol. The van der Waals surface area contributed by atoms with Crippen LogP contribution in [0.25, 0.3) is 0 Å². The Morgan fingerprint density at radius 1 is 0.368 bits per heavy atom. The Labute approximate surface area is 369 Å². The van der Waals surface area contributed by atoms with Crippen molar-refractivity contribution >= 4 is 47.8 Å². The van der Waals surface area contributed by atoms with Gasteiger partial charge in [-0.2, -0.15) is 0 Å². The predicted octanol–water partition coefficient (Wildman–Crippen LogP) is 11.5. The molecule has 4 radical (unpaired) electrons. The van der Waals surface area contributed by atoms with E-state index in [1.54, 1.807) is 0 Å². The van der Waals surface area contributed by atoms with Crippen molar-refractivity contribution in [3.63, 3.8) is 0 Å². The number of hydrogen-bond acceptors (Lipinski definition) is 8. The first kappa shape index (κ1) is 64.3. The Kier molecular flexibility index (Phi) is 68.6. The van der Waals surface area contributed by atoms with E-state index in [1.165, 1.54) is 167 Å². The topological polar surface area (TPSA) is 133 Å². The van der Waals surface area contributed by atoms with Gasteiger partial charge in [-0.25, -0.2) is 9.59 Å². The number of carboxylic acid groups (broad SMARTS) is 2. The molecule has 8 nitrogen and oxygen atoms in total. The second-order valence-electron chi connectivity index (χ2n) is 14.5. The molecule has 57 heavy (non-hydrogen) atoms. The van der Waals surface area contributed by atoms with E-state index < -0.39 is 23.9 Å². The molecule has 0 atom stereocenters. The van der Waals surface area contributed by atoms with Gasteiger partial charge in [0.2, 0.25) is 0 Å². The molecule has 0 saturated carbocycles. The first-order valence-corrected chi connectivity index (χ1v) is 22.9. The van der Waals surface area contributed by atoms with Crippen LogP contribution in [-0.2, 0) is 28.7 Å². The van der Waals surface area contributed by atoms with E-state index in [1.807, 2.05) is 0 Å².